The Morgan fingerprint density at radius 2 is 2.17 bits per heavy atom. The van der Waals surface area contributed by atoms with Gasteiger partial charge >= 0.3 is 0 Å². The standard InChI is InChI=1S/C9H7ClO2/c10-8-2-1-6(5-11)9-7(8)3-4-12-9/h1-4,11H,5H2. The Morgan fingerprint density at radius 3 is 2.92 bits per heavy atom. The van der Waals surface area contributed by atoms with Gasteiger partial charge < -0.3 is 9.52 Å². The average molecular weight is 183 g/mol. The molecule has 0 atom stereocenters. The maximum absolute atomic E-state index is 8.94. The summed E-state index contributed by atoms with van der Waals surface area (Å²) < 4.78 is 5.18. The van der Waals surface area contributed by atoms with Crippen molar-refractivity contribution in [3.8, 4) is 0 Å². The van der Waals surface area contributed by atoms with Gasteiger partial charge in [0.1, 0.15) is 5.58 Å². The summed E-state index contributed by atoms with van der Waals surface area (Å²) in [5.41, 5.74) is 1.43. The van der Waals surface area contributed by atoms with E-state index in [0.717, 1.165) is 10.9 Å². The summed E-state index contributed by atoms with van der Waals surface area (Å²) in [6.45, 7) is -0.0266. The first-order valence-electron chi connectivity index (χ1n) is 3.58. The zero-order chi connectivity index (χ0) is 8.55. The molecule has 0 spiro atoms. The smallest absolute Gasteiger partial charge is 0.140 e. The van der Waals surface area contributed by atoms with Crippen molar-refractivity contribution in [3.63, 3.8) is 0 Å². The van der Waals surface area contributed by atoms with Crippen LogP contribution in [-0.4, -0.2) is 5.11 Å². The molecule has 0 fully saturated rings. The van der Waals surface area contributed by atoms with Gasteiger partial charge in [-0.1, -0.05) is 17.7 Å². The highest BCUT2D eigenvalue weighted by Crippen LogP contribution is 2.27. The highest BCUT2D eigenvalue weighted by Gasteiger charge is 2.05. The molecule has 0 saturated carbocycles. The van der Waals surface area contributed by atoms with E-state index in [-0.39, 0.29) is 6.61 Å². The lowest BCUT2D eigenvalue weighted by Gasteiger charge is -1.97. The summed E-state index contributed by atoms with van der Waals surface area (Å²) >= 11 is 5.89. The summed E-state index contributed by atoms with van der Waals surface area (Å²) in [5.74, 6) is 0. The summed E-state index contributed by atoms with van der Waals surface area (Å²) in [5, 5.41) is 10.4. The highest BCUT2D eigenvalue weighted by molar-refractivity contribution is 6.35. The Hall–Kier alpha value is -0.990. The van der Waals surface area contributed by atoms with Crippen LogP contribution in [0.2, 0.25) is 5.02 Å². The lowest BCUT2D eigenvalue weighted by atomic mass is 10.2. The summed E-state index contributed by atoms with van der Waals surface area (Å²) in [6, 6.07) is 5.30. The minimum atomic E-state index is -0.0266. The van der Waals surface area contributed by atoms with Crippen LogP contribution in [-0.2, 0) is 6.61 Å². The second-order valence-electron chi connectivity index (χ2n) is 2.53. The maximum atomic E-state index is 8.94. The third-order valence-electron chi connectivity index (χ3n) is 1.82. The monoisotopic (exact) mass is 182 g/mol. The summed E-state index contributed by atoms with van der Waals surface area (Å²) in [4.78, 5) is 0. The second kappa shape index (κ2) is 2.81. The molecule has 0 aliphatic heterocycles. The summed E-state index contributed by atoms with van der Waals surface area (Å²) in [6.07, 6.45) is 1.57. The van der Waals surface area contributed by atoms with Crippen LogP contribution in [0, 0.1) is 0 Å². The van der Waals surface area contributed by atoms with Crippen LogP contribution in [0.25, 0.3) is 11.0 Å². The number of rotatable bonds is 1. The van der Waals surface area contributed by atoms with Crippen molar-refractivity contribution < 1.29 is 9.52 Å². The number of halogens is 1. The molecule has 1 aromatic carbocycles. The number of furan rings is 1. The van der Waals surface area contributed by atoms with Gasteiger partial charge in [0.05, 0.1) is 17.9 Å². The van der Waals surface area contributed by atoms with E-state index in [4.69, 9.17) is 21.1 Å². The molecule has 0 saturated heterocycles. The maximum Gasteiger partial charge on any atom is 0.140 e. The molecule has 2 rings (SSSR count). The molecule has 0 radical (unpaired) electrons. The second-order valence-corrected chi connectivity index (χ2v) is 2.94. The van der Waals surface area contributed by atoms with Crippen molar-refractivity contribution in [2.45, 2.75) is 6.61 Å². The molecule has 1 aromatic heterocycles. The number of fused-ring (bicyclic) bond motifs is 1. The van der Waals surface area contributed by atoms with Crippen LogP contribution in [0.1, 0.15) is 5.56 Å². The van der Waals surface area contributed by atoms with Crippen LogP contribution < -0.4 is 0 Å². The number of hydrogen-bond acceptors (Lipinski definition) is 2. The molecule has 3 heteroatoms. The van der Waals surface area contributed by atoms with Crippen LogP contribution in [0.15, 0.2) is 28.9 Å². The van der Waals surface area contributed by atoms with E-state index in [1.807, 2.05) is 0 Å². The molecular weight excluding hydrogens is 176 g/mol. The molecule has 62 valence electrons. The molecule has 0 aliphatic rings. The fourth-order valence-corrected chi connectivity index (χ4v) is 1.42. The first-order chi connectivity index (χ1) is 5.83. The van der Waals surface area contributed by atoms with Crippen molar-refractivity contribution in [2.24, 2.45) is 0 Å². The first-order valence-corrected chi connectivity index (χ1v) is 3.96. The molecule has 0 aliphatic carbocycles. The highest BCUT2D eigenvalue weighted by atomic mass is 35.5. The third-order valence-corrected chi connectivity index (χ3v) is 2.14. The van der Waals surface area contributed by atoms with E-state index in [9.17, 15) is 0 Å². The van der Waals surface area contributed by atoms with E-state index in [0.29, 0.717) is 10.6 Å². The van der Waals surface area contributed by atoms with E-state index in [1.54, 1.807) is 24.5 Å². The van der Waals surface area contributed by atoms with Crippen LogP contribution in [0.5, 0.6) is 0 Å². The predicted molar refractivity (Wildman–Crippen MR) is 47.1 cm³/mol. The molecular formula is C9H7ClO2. The SMILES string of the molecule is OCc1ccc(Cl)c2ccoc12. The van der Waals surface area contributed by atoms with E-state index < -0.39 is 0 Å². The normalized spacial score (nSPS) is 10.8. The van der Waals surface area contributed by atoms with Gasteiger partial charge in [0, 0.05) is 10.9 Å². The Kier molecular flexibility index (Phi) is 1.79. The van der Waals surface area contributed by atoms with Crippen molar-refractivity contribution in [1.29, 1.82) is 0 Å². The molecule has 1 N–H and O–H groups in total. The van der Waals surface area contributed by atoms with Crippen molar-refractivity contribution in [3.05, 3.63) is 35.0 Å². The lowest BCUT2D eigenvalue weighted by Crippen LogP contribution is -1.82. The van der Waals surface area contributed by atoms with Gasteiger partial charge in [0.2, 0.25) is 0 Å². The van der Waals surface area contributed by atoms with E-state index in [2.05, 4.69) is 0 Å². The minimum absolute atomic E-state index is 0.0266. The number of aliphatic hydroxyl groups excluding tert-OH is 1. The molecule has 2 nitrogen and oxygen atoms in total. The Labute approximate surface area is 74.4 Å². The van der Waals surface area contributed by atoms with Crippen molar-refractivity contribution in [1.82, 2.24) is 0 Å². The average Bonchev–Trinajstić information content (AvgIpc) is 2.54. The molecule has 12 heavy (non-hydrogen) atoms. The predicted octanol–water partition coefficient (Wildman–Crippen LogP) is 2.58. The van der Waals surface area contributed by atoms with Crippen LogP contribution >= 0.6 is 11.6 Å². The quantitative estimate of drug-likeness (QED) is 0.736. The van der Waals surface area contributed by atoms with Gasteiger partial charge in [-0.3, -0.25) is 0 Å². The van der Waals surface area contributed by atoms with Gasteiger partial charge in [-0.05, 0) is 12.1 Å². The number of benzene rings is 1. The molecule has 1 heterocycles. The minimum Gasteiger partial charge on any atom is -0.464 e. The van der Waals surface area contributed by atoms with Crippen LogP contribution in [0.3, 0.4) is 0 Å². The van der Waals surface area contributed by atoms with Gasteiger partial charge in [-0.15, -0.1) is 0 Å². The lowest BCUT2D eigenvalue weighted by molar-refractivity contribution is 0.281. The zero-order valence-corrected chi connectivity index (χ0v) is 7.01. The molecule has 0 amide bonds. The zero-order valence-electron chi connectivity index (χ0n) is 6.25. The molecule has 0 bridgehead atoms. The molecule has 0 unspecified atom stereocenters. The third kappa shape index (κ3) is 1.00. The van der Waals surface area contributed by atoms with Crippen molar-refractivity contribution in [2.75, 3.05) is 0 Å². The Balaban J connectivity index is 2.82. The van der Waals surface area contributed by atoms with Gasteiger partial charge in [0.15, 0.2) is 0 Å². The van der Waals surface area contributed by atoms with E-state index in [1.165, 1.54) is 0 Å². The number of aliphatic hydroxyl groups is 1. The van der Waals surface area contributed by atoms with Crippen LogP contribution in [0.4, 0.5) is 0 Å². The Morgan fingerprint density at radius 1 is 1.33 bits per heavy atom. The van der Waals surface area contributed by atoms with Gasteiger partial charge in [-0.2, -0.15) is 0 Å². The fourth-order valence-electron chi connectivity index (χ4n) is 1.21. The first kappa shape index (κ1) is 7.65. The fraction of sp³-hybridized carbons (Fsp3) is 0.111. The largest absolute Gasteiger partial charge is 0.464 e. The van der Waals surface area contributed by atoms with Crippen molar-refractivity contribution >= 4 is 22.6 Å². The van der Waals surface area contributed by atoms with E-state index >= 15 is 0 Å². The van der Waals surface area contributed by atoms with Gasteiger partial charge in [-0.25, -0.2) is 0 Å². The topological polar surface area (TPSA) is 33.4 Å². The number of hydrogen-bond donors (Lipinski definition) is 1. The Bertz CT molecular complexity index is 406. The molecule has 2 aromatic rings. The summed E-state index contributed by atoms with van der Waals surface area (Å²) in [7, 11) is 0. The van der Waals surface area contributed by atoms with Gasteiger partial charge in [0.25, 0.3) is 0 Å².